The van der Waals surface area contributed by atoms with Crippen LogP contribution in [-0.4, -0.2) is 47.0 Å². The number of nitrogens with one attached hydrogen (secondary N) is 1. The van der Waals surface area contributed by atoms with Gasteiger partial charge in [-0.15, -0.1) is 0 Å². The van der Waals surface area contributed by atoms with Gasteiger partial charge >= 0.3 is 6.03 Å². The molecule has 2 rings (SSSR count). The van der Waals surface area contributed by atoms with E-state index < -0.39 is 0 Å². The number of aryl methyl sites for hydroxylation is 1. The van der Waals surface area contributed by atoms with Crippen LogP contribution in [0.25, 0.3) is 0 Å². The fourth-order valence-electron chi connectivity index (χ4n) is 1.61. The van der Waals surface area contributed by atoms with Crippen LogP contribution in [0.15, 0.2) is 6.20 Å². The number of ether oxygens (including phenoxy) is 1. The normalized spacial score (nSPS) is 15.4. The van der Waals surface area contributed by atoms with Gasteiger partial charge in [0, 0.05) is 26.3 Å². The number of urea groups is 1. The van der Waals surface area contributed by atoms with E-state index in [0.29, 0.717) is 37.7 Å². The van der Waals surface area contributed by atoms with Crippen molar-refractivity contribution >= 4 is 11.8 Å². The molecule has 0 aromatic carbocycles. The summed E-state index contributed by atoms with van der Waals surface area (Å²) in [6.45, 7) is 2.20. The smallest absolute Gasteiger partial charge is 0.323 e. The molecule has 1 N–H and O–H groups in total. The van der Waals surface area contributed by atoms with Crippen LogP contribution in [-0.2, 0) is 11.8 Å². The first-order valence-corrected chi connectivity index (χ1v) is 5.28. The van der Waals surface area contributed by atoms with E-state index in [4.69, 9.17) is 10.00 Å². The van der Waals surface area contributed by atoms with Gasteiger partial charge in [0.05, 0.1) is 13.2 Å². The number of carbonyl (C=O) groups is 1. The summed E-state index contributed by atoms with van der Waals surface area (Å²) in [6.07, 6.45) is 1.56. The molecule has 7 nitrogen and oxygen atoms in total. The van der Waals surface area contributed by atoms with Crippen molar-refractivity contribution in [3.63, 3.8) is 0 Å². The molecule has 1 aliphatic heterocycles. The molecule has 0 saturated carbocycles. The van der Waals surface area contributed by atoms with Crippen LogP contribution in [0.3, 0.4) is 0 Å². The Bertz CT molecular complexity index is 456. The molecule has 0 aliphatic carbocycles. The van der Waals surface area contributed by atoms with Crippen LogP contribution >= 0.6 is 0 Å². The molecule has 0 unspecified atom stereocenters. The number of amides is 2. The summed E-state index contributed by atoms with van der Waals surface area (Å²) >= 11 is 0. The molecule has 0 atom stereocenters. The lowest BCUT2D eigenvalue weighted by molar-refractivity contribution is 0.0564. The number of anilines is 1. The minimum atomic E-state index is -0.247. The van der Waals surface area contributed by atoms with Crippen molar-refractivity contribution in [2.75, 3.05) is 31.6 Å². The van der Waals surface area contributed by atoms with Gasteiger partial charge in [-0.25, -0.2) is 4.79 Å². The maximum Gasteiger partial charge on any atom is 0.323 e. The first kappa shape index (κ1) is 11.4. The van der Waals surface area contributed by atoms with E-state index in [-0.39, 0.29) is 6.03 Å². The second kappa shape index (κ2) is 4.84. The minimum absolute atomic E-state index is 0.247. The van der Waals surface area contributed by atoms with Crippen LogP contribution in [0.4, 0.5) is 10.6 Å². The van der Waals surface area contributed by atoms with Gasteiger partial charge in [-0.2, -0.15) is 10.4 Å². The highest BCUT2D eigenvalue weighted by molar-refractivity contribution is 5.89. The summed E-state index contributed by atoms with van der Waals surface area (Å²) < 4.78 is 6.65. The van der Waals surface area contributed by atoms with Gasteiger partial charge in [-0.1, -0.05) is 0 Å². The zero-order chi connectivity index (χ0) is 12.3. The largest absolute Gasteiger partial charge is 0.378 e. The number of nitriles is 1. The Hall–Kier alpha value is -2.07. The summed E-state index contributed by atoms with van der Waals surface area (Å²) in [6, 6.07) is 1.74. The molecule has 90 valence electrons. The lowest BCUT2D eigenvalue weighted by Gasteiger charge is -2.26. The number of morpholine rings is 1. The number of aromatic nitrogens is 2. The summed E-state index contributed by atoms with van der Waals surface area (Å²) in [7, 11) is 1.70. The zero-order valence-corrected chi connectivity index (χ0v) is 9.51. The number of carbonyl (C=O) groups excluding carboxylic acids is 1. The lowest BCUT2D eigenvalue weighted by atomic mass is 10.3. The highest BCUT2D eigenvalue weighted by Crippen LogP contribution is 2.12. The topological polar surface area (TPSA) is 83.2 Å². The van der Waals surface area contributed by atoms with Crippen molar-refractivity contribution in [3.05, 3.63) is 11.8 Å². The predicted molar refractivity (Wildman–Crippen MR) is 59.3 cm³/mol. The van der Waals surface area contributed by atoms with Gasteiger partial charge in [0.15, 0.2) is 5.82 Å². The molecule has 1 saturated heterocycles. The van der Waals surface area contributed by atoms with Gasteiger partial charge in [0.2, 0.25) is 0 Å². The molecule has 1 aromatic heterocycles. The maximum atomic E-state index is 11.8. The Morgan fingerprint density at radius 3 is 2.94 bits per heavy atom. The quantitative estimate of drug-likeness (QED) is 0.751. The summed E-state index contributed by atoms with van der Waals surface area (Å²) in [5.41, 5.74) is 0.356. The van der Waals surface area contributed by atoms with E-state index in [1.54, 1.807) is 18.1 Å². The van der Waals surface area contributed by atoms with Gasteiger partial charge in [-0.3, -0.25) is 10.00 Å². The summed E-state index contributed by atoms with van der Waals surface area (Å²) in [5, 5.41) is 15.5. The number of nitrogens with zero attached hydrogens (tertiary/aromatic N) is 4. The molecule has 17 heavy (non-hydrogen) atoms. The van der Waals surface area contributed by atoms with E-state index in [9.17, 15) is 4.79 Å². The van der Waals surface area contributed by atoms with Crippen molar-refractivity contribution in [2.45, 2.75) is 0 Å². The van der Waals surface area contributed by atoms with Crippen LogP contribution in [0, 0.1) is 11.3 Å². The van der Waals surface area contributed by atoms with Gasteiger partial charge in [0.1, 0.15) is 11.6 Å². The van der Waals surface area contributed by atoms with Crippen LogP contribution < -0.4 is 5.32 Å². The van der Waals surface area contributed by atoms with Gasteiger partial charge < -0.3 is 9.64 Å². The van der Waals surface area contributed by atoms with Crippen molar-refractivity contribution in [1.82, 2.24) is 14.7 Å². The Morgan fingerprint density at radius 2 is 2.29 bits per heavy atom. The second-order valence-electron chi connectivity index (χ2n) is 3.71. The fraction of sp³-hybridized carbons (Fsp3) is 0.500. The molecular formula is C10H13N5O2. The molecule has 0 spiro atoms. The standard InChI is InChI=1S/C10H13N5O2/c1-14-7-8(6-11)9(13-14)12-10(16)15-2-4-17-5-3-15/h7H,2-5H2,1H3,(H,12,13,16). The molecule has 1 aromatic rings. The molecule has 7 heteroatoms. The highest BCUT2D eigenvalue weighted by atomic mass is 16.5. The van der Waals surface area contributed by atoms with E-state index in [1.807, 2.05) is 6.07 Å². The average Bonchev–Trinajstić information content (AvgIpc) is 2.70. The predicted octanol–water partition coefficient (Wildman–Crippen LogP) is 0.156. The molecular weight excluding hydrogens is 222 g/mol. The molecule has 2 amide bonds. The third-order valence-corrected chi connectivity index (χ3v) is 2.47. The first-order valence-electron chi connectivity index (χ1n) is 5.28. The van der Waals surface area contributed by atoms with Gasteiger partial charge in [-0.05, 0) is 0 Å². The lowest BCUT2D eigenvalue weighted by Crippen LogP contribution is -2.43. The number of rotatable bonds is 1. The molecule has 1 fully saturated rings. The third kappa shape index (κ3) is 2.54. The molecule has 2 heterocycles. The van der Waals surface area contributed by atoms with E-state index in [0.717, 1.165) is 0 Å². The zero-order valence-electron chi connectivity index (χ0n) is 9.51. The summed E-state index contributed by atoms with van der Waals surface area (Å²) in [4.78, 5) is 13.5. The maximum absolute atomic E-state index is 11.8. The minimum Gasteiger partial charge on any atom is -0.378 e. The SMILES string of the molecule is Cn1cc(C#N)c(NC(=O)N2CCOCC2)n1. The van der Waals surface area contributed by atoms with E-state index >= 15 is 0 Å². The Labute approximate surface area is 98.6 Å². The fourth-order valence-corrected chi connectivity index (χ4v) is 1.61. The Kier molecular flexibility index (Phi) is 3.25. The molecule has 0 bridgehead atoms. The second-order valence-corrected chi connectivity index (χ2v) is 3.71. The van der Waals surface area contributed by atoms with Gasteiger partial charge in [0.25, 0.3) is 0 Å². The van der Waals surface area contributed by atoms with Crippen molar-refractivity contribution in [2.24, 2.45) is 7.05 Å². The van der Waals surface area contributed by atoms with Crippen LogP contribution in [0.5, 0.6) is 0 Å². The van der Waals surface area contributed by atoms with Crippen LogP contribution in [0.1, 0.15) is 5.56 Å². The van der Waals surface area contributed by atoms with Crippen molar-refractivity contribution < 1.29 is 9.53 Å². The third-order valence-electron chi connectivity index (χ3n) is 2.47. The Balaban J connectivity index is 2.04. The van der Waals surface area contributed by atoms with E-state index in [2.05, 4.69) is 10.4 Å². The molecule has 0 radical (unpaired) electrons. The van der Waals surface area contributed by atoms with Crippen molar-refractivity contribution in [3.8, 4) is 6.07 Å². The first-order chi connectivity index (χ1) is 8.20. The Morgan fingerprint density at radius 1 is 1.59 bits per heavy atom. The highest BCUT2D eigenvalue weighted by Gasteiger charge is 2.19. The summed E-state index contributed by atoms with van der Waals surface area (Å²) in [5.74, 6) is 0.298. The number of hydrogen-bond acceptors (Lipinski definition) is 4. The van der Waals surface area contributed by atoms with E-state index in [1.165, 1.54) is 4.68 Å². The van der Waals surface area contributed by atoms with Crippen molar-refractivity contribution in [1.29, 1.82) is 5.26 Å². The molecule has 1 aliphatic rings. The number of hydrogen-bond donors (Lipinski definition) is 1. The van der Waals surface area contributed by atoms with Crippen LogP contribution in [0.2, 0.25) is 0 Å². The average molecular weight is 235 g/mol. The monoisotopic (exact) mass is 235 g/mol.